The molecule has 48 heavy (non-hydrogen) atoms. The van der Waals surface area contributed by atoms with Crippen LogP contribution in [0.5, 0.6) is 0 Å². The molecule has 8 nitrogen and oxygen atoms in total. The first-order chi connectivity index (χ1) is 23.3. The number of esters is 1. The first-order valence-corrected chi connectivity index (χ1v) is 16.5. The topological polar surface area (TPSA) is 85.0 Å². The second-order valence-corrected chi connectivity index (χ2v) is 13.1. The van der Waals surface area contributed by atoms with E-state index in [1.54, 1.807) is 0 Å². The maximum Gasteiger partial charge on any atom is 0.341 e. The van der Waals surface area contributed by atoms with Crippen LogP contribution in [0.2, 0.25) is 0 Å². The van der Waals surface area contributed by atoms with E-state index in [-0.39, 0.29) is 19.8 Å². The second-order valence-electron chi connectivity index (χ2n) is 13.1. The average molecular weight is 653 g/mol. The van der Waals surface area contributed by atoms with Gasteiger partial charge < -0.3 is 33.2 Å². The summed E-state index contributed by atoms with van der Waals surface area (Å²) < 4.78 is 45.1. The van der Waals surface area contributed by atoms with Crippen molar-refractivity contribution in [1.82, 2.24) is 0 Å². The molecule has 6 atom stereocenters. The highest BCUT2D eigenvalue weighted by atomic mass is 16.8. The number of hydrogen-bond donors (Lipinski definition) is 0. The van der Waals surface area contributed by atoms with Gasteiger partial charge in [-0.3, -0.25) is 0 Å². The third kappa shape index (κ3) is 8.76. The standard InChI is InChI=1S/C40H44O8/c1-39(2,3)48-38(41)37-40(47-37)36(45-27-32-22-14-7-15-23-32)35(44-26-31-20-12-6-13-21-31)34(43-25-30-18-10-5-11-19-30)33(46-40)28-42-24-29-16-8-4-9-17-29/h4-23,33-37H,24-28H2,1-3H3/t33-,34-,35+,36-,37-,40-/m1/s1. The van der Waals surface area contributed by atoms with Gasteiger partial charge in [0.1, 0.15) is 30.0 Å². The van der Waals surface area contributed by atoms with Crippen LogP contribution in [0.25, 0.3) is 0 Å². The molecule has 2 aliphatic rings. The summed E-state index contributed by atoms with van der Waals surface area (Å²) >= 11 is 0. The van der Waals surface area contributed by atoms with Crippen LogP contribution in [0.1, 0.15) is 43.0 Å². The van der Waals surface area contributed by atoms with Crippen molar-refractivity contribution in [1.29, 1.82) is 0 Å². The maximum absolute atomic E-state index is 13.5. The van der Waals surface area contributed by atoms with E-state index in [0.29, 0.717) is 13.2 Å². The Morgan fingerprint density at radius 3 is 1.52 bits per heavy atom. The third-order valence-electron chi connectivity index (χ3n) is 8.19. The number of rotatable bonds is 14. The van der Waals surface area contributed by atoms with Gasteiger partial charge in [0.25, 0.3) is 0 Å². The zero-order chi connectivity index (χ0) is 33.4. The van der Waals surface area contributed by atoms with Crippen LogP contribution in [-0.2, 0) is 64.4 Å². The van der Waals surface area contributed by atoms with Crippen molar-refractivity contribution >= 4 is 5.97 Å². The molecule has 4 aromatic rings. The summed E-state index contributed by atoms with van der Waals surface area (Å²) in [7, 11) is 0. The zero-order valence-electron chi connectivity index (χ0n) is 27.7. The lowest BCUT2D eigenvalue weighted by molar-refractivity contribution is -0.304. The highest BCUT2D eigenvalue weighted by molar-refractivity contribution is 5.79. The number of benzene rings is 4. The van der Waals surface area contributed by atoms with Crippen molar-refractivity contribution in [3.63, 3.8) is 0 Å². The predicted octanol–water partition coefficient (Wildman–Crippen LogP) is 6.80. The minimum Gasteiger partial charge on any atom is -0.458 e. The molecule has 0 radical (unpaired) electrons. The molecular formula is C40H44O8. The fourth-order valence-electron chi connectivity index (χ4n) is 5.89. The van der Waals surface area contributed by atoms with Crippen LogP contribution in [0, 0.1) is 0 Å². The highest BCUT2D eigenvalue weighted by Crippen LogP contribution is 2.51. The van der Waals surface area contributed by atoms with E-state index < -0.39 is 47.9 Å². The lowest BCUT2D eigenvalue weighted by Crippen LogP contribution is -2.64. The Bertz CT molecular complexity index is 1560. The summed E-state index contributed by atoms with van der Waals surface area (Å²) in [6.07, 6.45) is -3.87. The van der Waals surface area contributed by atoms with Crippen molar-refractivity contribution in [3.05, 3.63) is 144 Å². The molecule has 2 saturated heterocycles. The summed E-state index contributed by atoms with van der Waals surface area (Å²) in [4.78, 5) is 13.5. The molecule has 0 bridgehead atoms. The molecule has 0 aliphatic carbocycles. The largest absolute Gasteiger partial charge is 0.458 e. The van der Waals surface area contributed by atoms with Gasteiger partial charge in [0.15, 0.2) is 0 Å². The Morgan fingerprint density at radius 1 is 0.604 bits per heavy atom. The normalized spacial score (nSPS) is 25.1. The predicted molar refractivity (Wildman–Crippen MR) is 179 cm³/mol. The molecule has 0 unspecified atom stereocenters. The number of ether oxygens (including phenoxy) is 7. The fraction of sp³-hybridized carbons (Fsp3) is 0.375. The molecule has 4 aromatic carbocycles. The Morgan fingerprint density at radius 2 is 1.04 bits per heavy atom. The zero-order valence-corrected chi connectivity index (χ0v) is 27.7. The van der Waals surface area contributed by atoms with Crippen LogP contribution in [-0.4, -0.2) is 54.5 Å². The summed E-state index contributed by atoms with van der Waals surface area (Å²) in [5, 5.41) is 0. The van der Waals surface area contributed by atoms with Crippen molar-refractivity contribution in [2.75, 3.05) is 6.61 Å². The van der Waals surface area contributed by atoms with Crippen molar-refractivity contribution in [2.24, 2.45) is 0 Å². The average Bonchev–Trinajstić information content (AvgIpc) is 3.82. The van der Waals surface area contributed by atoms with Gasteiger partial charge in [0, 0.05) is 0 Å². The van der Waals surface area contributed by atoms with E-state index in [1.807, 2.05) is 142 Å². The molecule has 0 N–H and O–H groups in total. The van der Waals surface area contributed by atoms with Gasteiger partial charge in [-0.05, 0) is 43.0 Å². The highest BCUT2D eigenvalue weighted by Gasteiger charge is 2.75. The number of carbonyl (C=O) groups excluding carboxylic acids is 1. The lowest BCUT2D eigenvalue weighted by atomic mass is 9.92. The summed E-state index contributed by atoms with van der Waals surface area (Å²) in [6, 6.07) is 39.6. The summed E-state index contributed by atoms with van der Waals surface area (Å²) in [5.74, 6) is -1.99. The van der Waals surface area contributed by atoms with Crippen molar-refractivity contribution in [2.45, 2.75) is 89.1 Å². The Hall–Kier alpha value is -3.89. The van der Waals surface area contributed by atoms with Gasteiger partial charge in [0.05, 0.1) is 33.0 Å². The summed E-state index contributed by atoms with van der Waals surface area (Å²) in [6.45, 7) is 6.85. The molecule has 0 amide bonds. The van der Waals surface area contributed by atoms with Gasteiger partial charge in [-0.1, -0.05) is 121 Å². The molecule has 2 fully saturated rings. The summed E-state index contributed by atoms with van der Waals surface area (Å²) in [5.41, 5.74) is 3.25. The lowest BCUT2D eigenvalue weighted by Gasteiger charge is -2.45. The van der Waals surface area contributed by atoms with Crippen LogP contribution in [0.15, 0.2) is 121 Å². The minimum atomic E-state index is -1.47. The molecule has 1 spiro atoms. The van der Waals surface area contributed by atoms with E-state index in [2.05, 4.69) is 0 Å². The van der Waals surface area contributed by atoms with Crippen molar-refractivity contribution in [3.8, 4) is 0 Å². The molecule has 0 saturated carbocycles. The fourth-order valence-corrected chi connectivity index (χ4v) is 5.89. The monoisotopic (exact) mass is 652 g/mol. The van der Waals surface area contributed by atoms with E-state index in [9.17, 15) is 4.79 Å². The smallest absolute Gasteiger partial charge is 0.341 e. The van der Waals surface area contributed by atoms with E-state index in [1.165, 1.54) is 0 Å². The van der Waals surface area contributed by atoms with Crippen LogP contribution in [0.4, 0.5) is 0 Å². The van der Waals surface area contributed by atoms with Crippen LogP contribution >= 0.6 is 0 Å². The molecular weight excluding hydrogens is 608 g/mol. The first kappa shape index (κ1) is 34.0. The Labute approximate surface area is 282 Å². The number of epoxide rings is 1. The van der Waals surface area contributed by atoms with Crippen molar-refractivity contribution < 1.29 is 38.0 Å². The number of hydrogen-bond acceptors (Lipinski definition) is 8. The Balaban J connectivity index is 1.34. The first-order valence-electron chi connectivity index (χ1n) is 16.5. The van der Waals surface area contributed by atoms with Gasteiger partial charge in [-0.15, -0.1) is 0 Å². The molecule has 8 heteroatoms. The molecule has 6 rings (SSSR count). The van der Waals surface area contributed by atoms with Gasteiger partial charge in [-0.2, -0.15) is 0 Å². The van der Waals surface area contributed by atoms with Crippen LogP contribution in [0.3, 0.4) is 0 Å². The van der Waals surface area contributed by atoms with E-state index in [0.717, 1.165) is 22.3 Å². The third-order valence-corrected chi connectivity index (χ3v) is 8.19. The maximum atomic E-state index is 13.5. The van der Waals surface area contributed by atoms with Crippen LogP contribution < -0.4 is 0 Å². The molecule has 2 aliphatic heterocycles. The SMILES string of the molecule is CC(C)(C)OC(=O)[C@H]1O[C@@]12O[C@H](COCc1ccccc1)[C@@H](OCc1ccccc1)[C@H](OCc1ccccc1)[C@H]2OCc1ccccc1. The molecule has 0 aromatic heterocycles. The minimum absolute atomic E-state index is 0.164. The number of carbonyl (C=O) groups is 1. The van der Waals surface area contributed by atoms with Gasteiger partial charge in [-0.25, -0.2) is 4.79 Å². The van der Waals surface area contributed by atoms with Gasteiger partial charge >= 0.3 is 5.97 Å². The quantitative estimate of drug-likeness (QED) is 0.109. The second kappa shape index (κ2) is 15.6. The molecule has 252 valence electrons. The van der Waals surface area contributed by atoms with E-state index in [4.69, 9.17) is 33.2 Å². The molecule has 2 heterocycles. The van der Waals surface area contributed by atoms with Gasteiger partial charge in [0.2, 0.25) is 11.9 Å². The van der Waals surface area contributed by atoms with E-state index >= 15 is 0 Å². The Kier molecular flexibility index (Phi) is 11.0.